The van der Waals surface area contributed by atoms with Crippen molar-refractivity contribution in [3.63, 3.8) is 0 Å². The Balaban J connectivity index is 1.85. The smallest absolute Gasteiger partial charge is 0.314 e. The Morgan fingerprint density at radius 3 is 2.94 bits per heavy atom. The van der Waals surface area contributed by atoms with Gasteiger partial charge < -0.3 is 15.3 Å². The van der Waals surface area contributed by atoms with Gasteiger partial charge >= 0.3 is 5.97 Å². The molecule has 5 nitrogen and oxygen atoms in total. The molecule has 0 radical (unpaired) electrons. The van der Waals surface area contributed by atoms with E-state index in [1.165, 1.54) is 11.3 Å². The van der Waals surface area contributed by atoms with Crippen LogP contribution in [0.2, 0.25) is 0 Å². The highest BCUT2D eigenvalue weighted by Gasteiger charge is 2.23. The quantitative estimate of drug-likeness (QED) is 0.806. The number of hydrogen-bond donors (Lipinski definition) is 1. The minimum absolute atomic E-state index is 0.243. The van der Waals surface area contributed by atoms with Crippen LogP contribution < -0.4 is 5.73 Å². The maximum absolute atomic E-state index is 11.8. The Hall–Kier alpha value is -1.85. The molecule has 1 unspecified atom stereocenters. The van der Waals surface area contributed by atoms with E-state index >= 15 is 0 Å². The monoisotopic (exact) mass is 248 g/mol. The van der Waals surface area contributed by atoms with Crippen molar-refractivity contribution in [1.82, 2.24) is 5.06 Å². The molecule has 0 saturated heterocycles. The summed E-state index contributed by atoms with van der Waals surface area (Å²) in [6.45, 7) is 0.945. The third-order valence-corrected chi connectivity index (χ3v) is 2.65. The SMILES string of the molecule is NCN1CC(C(=O)OCc2ccccc2)C=CO1. The van der Waals surface area contributed by atoms with E-state index in [9.17, 15) is 4.79 Å². The number of nitrogens with two attached hydrogens (primary N) is 1. The molecular weight excluding hydrogens is 232 g/mol. The molecule has 0 saturated carbocycles. The fourth-order valence-electron chi connectivity index (χ4n) is 1.65. The first-order valence-corrected chi connectivity index (χ1v) is 5.78. The summed E-state index contributed by atoms with van der Waals surface area (Å²) in [5, 5.41) is 1.51. The van der Waals surface area contributed by atoms with E-state index in [1.54, 1.807) is 6.08 Å². The molecule has 0 spiro atoms. The van der Waals surface area contributed by atoms with Crippen molar-refractivity contribution < 1.29 is 14.4 Å². The number of carbonyl (C=O) groups is 1. The zero-order valence-electron chi connectivity index (χ0n) is 9.99. The zero-order valence-corrected chi connectivity index (χ0v) is 9.99. The Morgan fingerprint density at radius 1 is 1.44 bits per heavy atom. The summed E-state index contributed by atoms with van der Waals surface area (Å²) in [6, 6.07) is 9.57. The molecule has 0 fully saturated rings. The molecule has 1 heterocycles. The lowest BCUT2D eigenvalue weighted by atomic mass is 10.1. The molecule has 1 aromatic carbocycles. The maximum Gasteiger partial charge on any atom is 0.314 e. The number of nitrogens with zero attached hydrogens (tertiary/aromatic N) is 1. The molecule has 0 amide bonds. The van der Waals surface area contributed by atoms with Gasteiger partial charge in [-0.15, -0.1) is 5.06 Å². The number of hydrogen-bond acceptors (Lipinski definition) is 5. The second-order valence-corrected chi connectivity index (χ2v) is 3.98. The van der Waals surface area contributed by atoms with Gasteiger partial charge in [-0.05, 0) is 11.6 Å². The first-order valence-electron chi connectivity index (χ1n) is 5.78. The van der Waals surface area contributed by atoms with E-state index in [-0.39, 0.29) is 25.2 Å². The van der Waals surface area contributed by atoms with Crippen LogP contribution in [0.4, 0.5) is 0 Å². The van der Waals surface area contributed by atoms with Crippen LogP contribution in [0.5, 0.6) is 0 Å². The van der Waals surface area contributed by atoms with Gasteiger partial charge in [-0.2, -0.15) is 0 Å². The average Bonchev–Trinajstić information content (AvgIpc) is 2.46. The van der Waals surface area contributed by atoms with Gasteiger partial charge in [0.1, 0.15) is 12.9 Å². The first-order chi connectivity index (χ1) is 8.79. The number of hydroxylamine groups is 2. The van der Waals surface area contributed by atoms with Crippen LogP contribution in [0.3, 0.4) is 0 Å². The van der Waals surface area contributed by atoms with Crippen molar-refractivity contribution in [2.75, 3.05) is 13.2 Å². The molecular formula is C13H16N2O3. The topological polar surface area (TPSA) is 64.8 Å². The summed E-state index contributed by atoms with van der Waals surface area (Å²) in [5.41, 5.74) is 6.42. The lowest BCUT2D eigenvalue weighted by Crippen LogP contribution is -2.38. The molecule has 0 bridgehead atoms. The predicted octanol–water partition coefficient (Wildman–Crippen LogP) is 1.02. The highest BCUT2D eigenvalue weighted by atomic mass is 16.7. The minimum Gasteiger partial charge on any atom is -0.460 e. The summed E-state index contributed by atoms with van der Waals surface area (Å²) in [6.07, 6.45) is 3.14. The Labute approximate surface area is 106 Å². The molecule has 18 heavy (non-hydrogen) atoms. The second kappa shape index (κ2) is 6.18. The molecule has 2 N–H and O–H groups in total. The molecule has 1 aromatic rings. The minimum atomic E-state index is -0.328. The lowest BCUT2D eigenvalue weighted by Gasteiger charge is -2.25. The van der Waals surface area contributed by atoms with E-state index < -0.39 is 0 Å². The van der Waals surface area contributed by atoms with Crippen LogP contribution in [-0.2, 0) is 21.0 Å². The highest BCUT2D eigenvalue weighted by molar-refractivity contribution is 5.74. The summed E-state index contributed by atoms with van der Waals surface area (Å²) >= 11 is 0. The molecule has 5 heteroatoms. The lowest BCUT2D eigenvalue weighted by molar-refractivity contribution is -0.159. The molecule has 0 aliphatic carbocycles. The molecule has 1 atom stereocenters. The molecule has 1 aliphatic heterocycles. The molecule has 96 valence electrons. The fraction of sp³-hybridized carbons (Fsp3) is 0.308. The van der Waals surface area contributed by atoms with E-state index in [0.717, 1.165) is 5.56 Å². The van der Waals surface area contributed by atoms with Gasteiger partial charge in [-0.3, -0.25) is 4.79 Å². The third-order valence-electron chi connectivity index (χ3n) is 2.65. The Kier molecular flexibility index (Phi) is 4.33. The van der Waals surface area contributed by atoms with Gasteiger partial charge in [0.05, 0.1) is 19.1 Å². The van der Waals surface area contributed by atoms with Crippen molar-refractivity contribution in [3.8, 4) is 0 Å². The fourth-order valence-corrected chi connectivity index (χ4v) is 1.65. The number of benzene rings is 1. The molecule has 1 aliphatic rings. The summed E-state index contributed by atoms with van der Waals surface area (Å²) < 4.78 is 5.25. The first kappa shape index (κ1) is 12.6. The van der Waals surface area contributed by atoms with E-state index in [2.05, 4.69) is 0 Å². The Bertz CT molecular complexity index is 420. The number of esters is 1. The van der Waals surface area contributed by atoms with Gasteiger partial charge in [-0.25, -0.2) is 0 Å². The number of rotatable bonds is 4. The zero-order chi connectivity index (χ0) is 12.8. The summed E-state index contributed by atoms with van der Waals surface area (Å²) in [4.78, 5) is 16.9. The van der Waals surface area contributed by atoms with E-state index in [4.69, 9.17) is 15.3 Å². The summed E-state index contributed by atoms with van der Waals surface area (Å²) in [5.74, 6) is -0.595. The van der Waals surface area contributed by atoms with Crippen LogP contribution in [0.25, 0.3) is 0 Å². The van der Waals surface area contributed by atoms with Gasteiger partial charge in [0.2, 0.25) is 0 Å². The molecule has 0 aromatic heterocycles. The molecule has 2 rings (SSSR count). The maximum atomic E-state index is 11.8. The predicted molar refractivity (Wildman–Crippen MR) is 65.7 cm³/mol. The largest absolute Gasteiger partial charge is 0.460 e. The van der Waals surface area contributed by atoms with Crippen LogP contribution >= 0.6 is 0 Å². The average molecular weight is 248 g/mol. The van der Waals surface area contributed by atoms with Crippen molar-refractivity contribution >= 4 is 5.97 Å². The van der Waals surface area contributed by atoms with Gasteiger partial charge in [0.15, 0.2) is 0 Å². The van der Waals surface area contributed by atoms with Crippen LogP contribution in [0.15, 0.2) is 42.7 Å². The van der Waals surface area contributed by atoms with Gasteiger partial charge in [0, 0.05) is 0 Å². The highest BCUT2D eigenvalue weighted by Crippen LogP contribution is 2.12. The second-order valence-electron chi connectivity index (χ2n) is 3.98. The Morgan fingerprint density at radius 2 is 2.22 bits per heavy atom. The van der Waals surface area contributed by atoms with Crippen molar-refractivity contribution in [3.05, 3.63) is 48.2 Å². The normalized spacial score (nSPS) is 19.3. The van der Waals surface area contributed by atoms with Crippen molar-refractivity contribution in [1.29, 1.82) is 0 Å². The summed E-state index contributed by atoms with van der Waals surface area (Å²) in [7, 11) is 0. The third kappa shape index (κ3) is 3.32. The van der Waals surface area contributed by atoms with Crippen molar-refractivity contribution in [2.24, 2.45) is 11.7 Å². The van der Waals surface area contributed by atoms with Gasteiger partial charge in [0.25, 0.3) is 0 Å². The number of ether oxygens (including phenoxy) is 1. The van der Waals surface area contributed by atoms with Crippen LogP contribution in [0, 0.1) is 5.92 Å². The number of carbonyl (C=O) groups excluding carboxylic acids is 1. The van der Waals surface area contributed by atoms with E-state index in [1.807, 2.05) is 30.3 Å². The van der Waals surface area contributed by atoms with E-state index in [0.29, 0.717) is 6.54 Å². The standard InChI is InChI=1S/C13H16N2O3/c14-10-15-8-12(6-7-18-15)13(16)17-9-11-4-2-1-3-5-11/h1-7,12H,8-10,14H2. The van der Waals surface area contributed by atoms with Crippen LogP contribution in [0.1, 0.15) is 5.56 Å². The van der Waals surface area contributed by atoms with Crippen molar-refractivity contribution in [2.45, 2.75) is 6.61 Å². The van der Waals surface area contributed by atoms with Crippen LogP contribution in [-0.4, -0.2) is 24.2 Å². The van der Waals surface area contributed by atoms with Gasteiger partial charge in [-0.1, -0.05) is 30.3 Å².